The molecule has 0 N–H and O–H groups in total. The molecule has 6 heteroatoms. The van der Waals surface area contributed by atoms with Crippen LogP contribution in [0.4, 0.5) is 0 Å². The van der Waals surface area contributed by atoms with Crippen molar-refractivity contribution in [1.29, 1.82) is 0 Å². The number of hydrogen-bond donors (Lipinski definition) is 0. The number of hydrogen-bond acceptors (Lipinski definition) is 3. The molecule has 0 amide bonds. The van der Waals surface area contributed by atoms with Crippen molar-refractivity contribution in [1.82, 2.24) is 18.7 Å². The summed E-state index contributed by atoms with van der Waals surface area (Å²) < 4.78 is 4.58. The van der Waals surface area contributed by atoms with Gasteiger partial charge in [-0.25, -0.2) is 14.2 Å². The van der Waals surface area contributed by atoms with Gasteiger partial charge in [0.1, 0.15) is 6.33 Å². The first-order chi connectivity index (χ1) is 12.5. The van der Waals surface area contributed by atoms with Gasteiger partial charge < -0.3 is 4.57 Å². The fraction of sp³-hybridized carbons (Fsp3) is 0.150. The average Bonchev–Trinajstić information content (AvgIpc) is 2.96. The SMILES string of the molecule is Cc1cn(Cc2ccccc2)c2ccc(-n3cnc(=O)n(C)c3=O)cc12. The minimum absolute atomic E-state index is 0.411. The molecule has 0 spiro atoms. The van der Waals surface area contributed by atoms with Crippen LogP contribution in [-0.2, 0) is 13.6 Å². The first-order valence-corrected chi connectivity index (χ1v) is 8.33. The average molecular weight is 346 g/mol. The van der Waals surface area contributed by atoms with E-state index < -0.39 is 11.4 Å². The second-order valence-corrected chi connectivity index (χ2v) is 6.37. The lowest BCUT2D eigenvalue weighted by molar-refractivity contribution is 0.683. The van der Waals surface area contributed by atoms with Crippen molar-refractivity contribution in [2.45, 2.75) is 13.5 Å². The predicted molar refractivity (Wildman–Crippen MR) is 101 cm³/mol. The third-order valence-corrected chi connectivity index (χ3v) is 4.60. The topological polar surface area (TPSA) is 61.8 Å². The molecule has 0 aliphatic carbocycles. The molecular weight excluding hydrogens is 328 g/mol. The summed E-state index contributed by atoms with van der Waals surface area (Å²) >= 11 is 0. The van der Waals surface area contributed by atoms with Crippen LogP contribution in [-0.4, -0.2) is 18.7 Å². The molecule has 0 saturated heterocycles. The Labute approximate surface area is 149 Å². The van der Waals surface area contributed by atoms with Gasteiger partial charge in [-0.1, -0.05) is 30.3 Å². The minimum atomic E-state index is -0.558. The van der Waals surface area contributed by atoms with E-state index in [1.165, 1.54) is 23.5 Å². The van der Waals surface area contributed by atoms with Crippen LogP contribution in [0, 0.1) is 6.92 Å². The molecule has 2 aromatic heterocycles. The van der Waals surface area contributed by atoms with Crippen LogP contribution in [0.1, 0.15) is 11.1 Å². The molecule has 2 aromatic carbocycles. The highest BCUT2D eigenvalue weighted by Gasteiger charge is 2.10. The largest absolute Gasteiger partial charge is 0.352 e. The van der Waals surface area contributed by atoms with E-state index >= 15 is 0 Å². The van der Waals surface area contributed by atoms with E-state index in [-0.39, 0.29) is 0 Å². The monoisotopic (exact) mass is 346 g/mol. The van der Waals surface area contributed by atoms with Crippen molar-refractivity contribution >= 4 is 10.9 Å². The molecule has 0 aliphatic rings. The van der Waals surface area contributed by atoms with Crippen molar-refractivity contribution in [2.24, 2.45) is 7.05 Å². The van der Waals surface area contributed by atoms with E-state index in [1.54, 1.807) is 0 Å². The molecule has 2 heterocycles. The van der Waals surface area contributed by atoms with Crippen molar-refractivity contribution in [3.05, 3.63) is 93.2 Å². The van der Waals surface area contributed by atoms with Gasteiger partial charge in [0.05, 0.1) is 5.69 Å². The molecule has 4 rings (SSSR count). The normalized spacial score (nSPS) is 11.2. The number of rotatable bonds is 3. The quantitative estimate of drug-likeness (QED) is 0.572. The highest BCUT2D eigenvalue weighted by Crippen LogP contribution is 2.24. The molecule has 4 aromatic rings. The maximum Gasteiger partial charge on any atom is 0.352 e. The Balaban J connectivity index is 1.82. The summed E-state index contributed by atoms with van der Waals surface area (Å²) in [5, 5.41) is 1.07. The second kappa shape index (κ2) is 6.15. The zero-order valence-electron chi connectivity index (χ0n) is 14.6. The van der Waals surface area contributed by atoms with E-state index in [2.05, 4.69) is 34.8 Å². The van der Waals surface area contributed by atoms with E-state index in [0.29, 0.717) is 5.69 Å². The fourth-order valence-electron chi connectivity index (χ4n) is 3.19. The lowest BCUT2D eigenvalue weighted by Crippen LogP contribution is -2.38. The van der Waals surface area contributed by atoms with Crippen molar-refractivity contribution < 1.29 is 0 Å². The van der Waals surface area contributed by atoms with Gasteiger partial charge in [-0.3, -0.25) is 4.57 Å². The van der Waals surface area contributed by atoms with Gasteiger partial charge in [0, 0.05) is 30.7 Å². The highest BCUT2D eigenvalue weighted by atomic mass is 16.2. The summed E-state index contributed by atoms with van der Waals surface area (Å²) in [4.78, 5) is 27.6. The maximum atomic E-state index is 12.3. The van der Waals surface area contributed by atoms with Crippen LogP contribution in [0.2, 0.25) is 0 Å². The molecular formula is C20H18N4O2. The Morgan fingerprint density at radius 2 is 1.81 bits per heavy atom. The van der Waals surface area contributed by atoms with Crippen LogP contribution < -0.4 is 11.4 Å². The lowest BCUT2D eigenvalue weighted by atomic mass is 10.1. The fourth-order valence-corrected chi connectivity index (χ4v) is 3.19. The van der Waals surface area contributed by atoms with Crippen molar-refractivity contribution in [3.63, 3.8) is 0 Å². The van der Waals surface area contributed by atoms with Crippen LogP contribution in [0.25, 0.3) is 16.6 Å². The first kappa shape index (κ1) is 16.1. The molecule has 0 aliphatic heterocycles. The first-order valence-electron chi connectivity index (χ1n) is 8.33. The summed E-state index contributed by atoms with van der Waals surface area (Å²) in [7, 11) is 1.42. The Bertz CT molecular complexity index is 1220. The van der Waals surface area contributed by atoms with Gasteiger partial charge in [0.25, 0.3) is 0 Å². The van der Waals surface area contributed by atoms with Gasteiger partial charge in [0.15, 0.2) is 0 Å². The van der Waals surface area contributed by atoms with Gasteiger partial charge >= 0.3 is 11.4 Å². The zero-order chi connectivity index (χ0) is 18.3. The van der Waals surface area contributed by atoms with Crippen LogP contribution >= 0.6 is 0 Å². The smallest absolute Gasteiger partial charge is 0.343 e. The molecule has 0 unspecified atom stereocenters. The highest BCUT2D eigenvalue weighted by molar-refractivity contribution is 5.85. The Hall–Kier alpha value is -3.41. The molecule has 0 fully saturated rings. The van der Waals surface area contributed by atoms with Crippen LogP contribution in [0.3, 0.4) is 0 Å². The van der Waals surface area contributed by atoms with Crippen molar-refractivity contribution in [3.8, 4) is 5.69 Å². The van der Waals surface area contributed by atoms with Gasteiger partial charge in [-0.05, 0) is 36.2 Å². The number of aromatic nitrogens is 4. The molecule has 130 valence electrons. The maximum absolute atomic E-state index is 12.3. The second-order valence-electron chi connectivity index (χ2n) is 6.37. The number of nitrogens with zero attached hydrogens (tertiary/aromatic N) is 4. The molecule has 26 heavy (non-hydrogen) atoms. The Morgan fingerprint density at radius 1 is 1.04 bits per heavy atom. The molecule has 0 radical (unpaired) electrons. The van der Waals surface area contributed by atoms with Gasteiger partial charge in [-0.15, -0.1) is 0 Å². The minimum Gasteiger partial charge on any atom is -0.343 e. The summed E-state index contributed by atoms with van der Waals surface area (Å²) in [5.41, 5.74) is 3.17. The third-order valence-electron chi connectivity index (χ3n) is 4.60. The number of aryl methyl sites for hydroxylation is 1. The summed E-state index contributed by atoms with van der Waals surface area (Å²) in [6.07, 6.45) is 3.39. The molecule has 0 bridgehead atoms. The van der Waals surface area contributed by atoms with E-state index in [1.807, 2.05) is 36.4 Å². The van der Waals surface area contributed by atoms with Gasteiger partial charge in [-0.2, -0.15) is 4.98 Å². The lowest BCUT2D eigenvalue weighted by Gasteiger charge is -2.08. The van der Waals surface area contributed by atoms with Crippen molar-refractivity contribution in [2.75, 3.05) is 0 Å². The standard InChI is InChI=1S/C20H18N4O2/c1-14-11-23(12-15-6-4-3-5-7-15)18-9-8-16(10-17(14)18)24-13-21-19(25)22(2)20(24)26/h3-11,13H,12H2,1-2H3. The molecule has 6 nitrogen and oxygen atoms in total. The molecule has 0 atom stereocenters. The van der Waals surface area contributed by atoms with E-state index in [9.17, 15) is 9.59 Å². The van der Waals surface area contributed by atoms with E-state index in [0.717, 1.165) is 27.6 Å². The third kappa shape index (κ3) is 2.65. The van der Waals surface area contributed by atoms with Gasteiger partial charge in [0.2, 0.25) is 0 Å². The summed E-state index contributed by atoms with van der Waals surface area (Å²) in [6, 6.07) is 16.1. The summed E-state index contributed by atoms with van der Waals surface area (Å²) in [6.45, 7) is 2.83. The zero-order valence-corrected chi connectivity index (χ0v) is 14.6. The Kier molecular flexibility index (Phi) is 3.80. The molecule has 0 saturated carbocycles. The number of fused-ring (bicyclic) bond motifs is 1. The number of benzene rings is 2. The summed E-state index contributed by atoms with van der Waals surface area (Å²) in [5.74, 6) is 0. The van der Waals surface area contributed by atoms with E-state index in [4.69, 9.17) is 0 Å². The Morgan fingerprint density at radius 3 is 2.58 bits per heavy atom. The van der Waals surface area contributed by atoms with Crippen LogP contribution in [0.15, 0.2) is 70.6 Å². The van der Waals surface area contributed by atoms with Crippen LogP contribution in [0.5, 0.6) is 0 Å². The predicted octanol–water partition coefficient (Wildman–Crippen LogP) is 2.24.